The Morgan fingerprint density at radius 3 is 3.13 bits per heavy atom. The van der Waals surface area contributed by atoms with E-state index in [9.17, 15) is 4.79 Å². The summed E-state index contributed by atoms with van der Waals surface area (Å²) in [5.74, 6) is 0.830. The maximum absolute atomic E-state index is 12.8. The van der Waals surface area contributed by atoms with Crippen LogP contribution in [-0.4, -0.2) is 57.4 Å². The van der Waals surface area contributed by atoms with Crippen molar-refractivity contribution in [1.82, 2.24) is 19.7 Å². The lowest BCUT2D eigenvalue weighted by Gasteiger charge is -2.34. The monoisotopic (exact) mass is 313 g/mol. The Morgan fingerprint density at radius 2 is 2.35 bits per heavy atom. The van der Waals surface area contributed by atoms with Gasteiger partial charge in [-0.2, -0.15) is 5.10 Å². The molecule has 2 aromatic heterocycles. The van der Waals surface area contributed by atoms with Gasteiger partial charge in [0.25, 0.3) is 5.91 Å². The second-order valence-corrected chi connectivity index (χ2v) is 6.29. The van der Waals surface area contributed by atoms with E-state index >= 15 is 0 Å². The smallest absolute Gasteiger partial charge is 0.254 e. The van der Waals surface area contributed by atoms with E-state index in [4.69, 9.17) is 10.5 Å². The van der Waals surface area contributed by atoms with Gasteiger partial charge in [-0.3, -0.25) is 4.79 Å². The molecule has 0 aliphatic carbocycles. The van der Waals surface area contributed by atoms with Crippen molar-refractivity contribution in [2.45, 2.75) is 12.0 Å². The number of amides is 1. The highest BCUT2D eigenvalue weighted by molar-refractivity contribution is 5.94. The van der Waals surface area contributed by atoms with Gasteiger partial charge < -0.3 is 15.4 Å². The molecule has 2 N–H and O–H groups in total. The third-order valence-corrected chi connectivity index (χ3v) is 4.79. The van der Waals surface area contributed by atoms with E-state index in [1.54, 1.807) is 35.4 Å². The molecule has 0 unspecified atom stereocenters. The van der Waals surface area contributed by atoms with Crippen LogP contribution in [0.2, 0.25) is 0 Å². The van der Waals surface area contributed by atoms with Gasteiger partial charge in [-0.15, -0.1) is 0 Å². The molecule has 2 aliphatic heterocycles. The molecule has 23 heavy (non-hydrogen) atoms. The van der Waals surface area contributed by atoms with Gasteiger partial charge in [0.05, 0.1) is 6.61 Å². The quantitative estimate of drug-likeness (QED) is 0.870. The molecule has 4 rings (SSSR count). The Balaban J connectivity index is 1.57. The lowest BCUT2D eigenvalue weighted by atomic mass is 9.84. The first kappa shape index (κ1) is 14.3. The molecule has 7 nitrogen and oxygen atoms in total. The fourth-order valence-corrected chi connectivity index (χ4v) is 3.40. The molecule has 4 heterocycles. The van der Waals surface area contributed by atoms with Crippen LogP contribution in [-0.2, 0) is 4.74 Å². The number of pyridine rings is 1. The predicted octanol–water partition coefficient (Wildman–Crippen LogP) is 0.457. The van der Waals surface area contributed by atoms with Gasteiger partial charge >= 0.3 is 0 Å². The summed E-state index contributed by atoms with van der Waals surface area (Å²) in [4.78, 5) is 18.9. The summed E-state index contributed by atoms with van der Waals surface area (Å²) in [6.07, 6.45) is 5.91. The Kier molecular flexibility index (Phi) is 3.39. The molecule has 2 saturated heterocycles. The van der Waals surface area contributed by atoms with Crippen molar-refractivity contribution in [2.75, 3.05) is 26.3 Å². The van der Waals surface area contributed by atoms with Crippen LogP contribution in [0.25, 0.3) is 5.82 Å². The van der Waals surface area contributed by atoms with Crippen LogP contribution in [0.3, 0.4) is 0 Å². The average molecular weight is 313 g/mol. The second-order valence-electron chi connectivity index (χ2n) is 6.29. The van der Waals surface area contributed by atoms with E-state index in [1.807, 2.05) is 11.0 Å². The van der Waals surface area contributed by atoms with E-state index in [2.05, 4.69) is 10.1 Å². The number of carbonyl (C=O) groups excluding carboxylic acids is 1. The molecule has 0 saturated carbocycles. The van der Waals surface area contributed by atoms with Crippen molar-refractivity contribution in [3.05, 3.63) is 42.4 Å². The van der Waals surface area contributed by atoms with Crippen molar-refractivity contribution >= 4 is 5.91 Å². The summed E-state index contributed by atoms with van der Waals surface area (Å²) < 4.78 is 7.15. The second kappa shape index (κ2) is 5.43. The highest BCUT2D eigenvalue weighted by atomic mass is 16.5. The predicted molar refractivity (Wildman–Crippen MR) is 83.1 cm³/mol. The zero-order valence-corrected chi connectivity index (χ0v) is 12.8. The van der Waals surface area contributed by atoms with Crippen molar-refractivity contribution in [3.63, 3.8) is 0 Å². The van der Waals surface area contributed by atoms with Crippen LogP contribution >= 0.6 is 0 Å². The van der Waals surface area contributed by atoms with E-state index < -0.39 is 0 Å². The standard InChI is InChI=1S/C16H19N5O2/c17-16-3-7-23-10-13(16)9-20(11-16)15(22)12-2-5-18-14(8-12)21-6-1-4-19-21/h1-2,4-6,8,13H,3,7,9-11,17H2/t13-,16+/m0/s1. The van der Waals surface area contributed by atoms with E-state index in [0.29, 0.717) is 37.7 Å². The van der Waals surface area contributed by atoms with Gasteiger partial charge in [0.1, 0.15) is 0 Å². The molecule has 0 aromatic carbocycles. The maximum atomic E-state index is 12.8. The lowest BCUT2D eigenvalue weighted by molar-refractivity contribution is 0.0241. The van der Waals surface area contributed by atoms with Crippen molar-refractivity contribution in [1.29, 1.82) is 0 Å². The molecule has 7 heteroatoms. The van der Waals surface area contributed by atoms with Crippen LogP contribution in [0.1, 0.15) is 16.8 Å². The first-order valence-corrected chi connectivity index (χ1v) is 7.78. The van der Waals surface area contributed by atoms with Gasteiger partial charge in [0.2, 0.25) is 0 Å². The number of hydrogen-bond donors (Lipinski definition) is 1. The van der Waals surface area contributed by atoms with Gasteiger partial charge in [0, 0.05) is 55.3 Å². The summed E-state index contributed by atoms with van der Waals surface area (Å²) in [6, 6.07) is 5.31. The normalized spacial score (nSPS) is 27.0. The minimum absolute atomic E-state index is 0.0139. The Labute approximate surface area is 134 Å². The zero-order valence-electron chi connectivity index (χ0n) is 12.8. The lowest BCUT2D eigenvalue weighted by Crippen LogP contribution is -2.52. The van der Waals surface area contributed by atoms with Crippen molar-refractivity contribution in [2.24, 2.45) is 11.7 Å². The Bertz CT molecular complexity index is 717. The summed E-state index contributed by atoms with van der Waals surface area (Å²) >= 11 is 0. The molecule has 2 fully saturated rings. The van der Waals surface area contributed by atoms with Gasteiger partial charge in [-0.05, 0) is 24.6 Å². The van der Waals surface area contributed by atoms with Gasteiger partial charge in [-0.1, -0.05) is 0 Å². The average Bonchev–Trinajstić information content (AvgIpc) is 3.21. The largest absolute Gasteiger partial charge is 0.381 e. The Morgan fingerprint density at radius 1 is 1.43 bits per heavy atom. The number of hydrogen-bond acceptors (Lipinski definition) is 5. The number of likely N-dealkylation sites (tertiary alicyclic amines) is 1. The van der Waals surface area contributed by atoms with Crippen molar-refractivity contribution in [3.8, 4) is 5.82 Å². The molecular weight excluding hydrogens is 294 g/mol. The molecule has 0 spiro atoms. The Hall–Kier alpha value is -2.25. The molecule has 0 bridgehead atoms. The molecule has 2 aromatic rings. The van der Waals surface area contributed by atoms with Crippen LogP contribution in [0.15, 0.2) is 36.8 Å². The summed E-state index contributed by atoms with van der Waals surface area (Å²) in [6.45, 7) is 2.54. The number of nitrogens with two attached hydrogens (primary N) is 1. The van der Waals surface area contributed by atoms with E-state index in [1.165, 1.54) is 0 Å². The first-order valence-electron chi connectivity index (χ1n) is 7.78. The zero-order chi connectivity index (χ0) is 15.9. The maximum Gasteiger partial charge on any atom is 0.254 e. The molecule has 0 radical (unpaired) electrons. The molecule has 1 amide bonds. The SMILES string of the molecule is N[C@@]12CCOC[C@@H]1CN(C(=O)c1ccnc(-n3cccn3)c1)C2. The number of carbonyl (C=O) groups is 1. The van der Waals surface area contributed by atoms with Crippen LogP contribution in [0.5, 0.6) is 0 Å². The third kappa shape index (κ3) is 2.51. The fourth-order valence-electron chi connectivity index (χ4n) is 3.40. The van der Waals surface area contributed by atoms with E-state index in [-0.39, 0.29) is 17.4 Å². The van der Waals surface area contributed by atoms with Crippen LogP contribution in [0, 0.1) is 5.92 Å². The summed E-state index contributed by atoms with van der Waals surface area (Å²) in [7, 11) is 0. The molecule has 2 atom stereocenters. The highest BCUT2D eigenvalue weighted by Crippen LogP contribution is 2.32. The number of nitrogens with zero attached hydrogens (tertiary/aromatic N) is 4. The molecular formula is C16H19N5O2. The molecule has 2 aliphatic rings. The minimum atomic E-state index is -0.314. The fraction of sp³-hybridized carbons (Fsp3) is 0.438. The van der Waals surface area contributed by atoms with E-state index in [0.717, 1.165) is 6.42 Å². The minimum Gasteiger partial charge on any atom is -0.381 e. The first-order chi connectivity index (χ1) is 11.2. The van der Waals surface area contributed by atoms with Crippen molar-refractivity contribution < 1.29 is 9.53 Å². The summed E-state index contributed by atoms with van der Waals surface area (Å²) in [5.41, 5.74) is 6.77. The third-order valence-electron chi connectivity index (χ3n) is 4.79. The number of fused-ring (bicyclic) bond motifs is 1. The molecule has 120 valence electrons. The number of ether oxygens (including phenoxy) is 1. The van der Waals surface area contributed by atoms with Crippen LogP contribution < -0.4 is 5.73 Å². The number of rotatable bonds is 2. The van der Waals surface area contributed by atoms with Gasteiger partial charge in [-0.25, -0.2) is 9.67 Å². The number of aromatic nitrogens is 3. The van der Waals surface area contributed by atoms with Crippen LogP contribution in [0.4, 0.5) is 0 Å². The summed E-state index contributed by atoms with van der Waals surface area (Å²) in [5, 5.41) is 4.15. The van der Waals surface area contributed by atoms with Gasteiger partial charge in [0.15, 0.2) is 5.82 Å². The highest BCUT2D eigenvalue weighted by Gasteiger charge is 2.47. The topological polar surface area (TPSA) is 86.3 Å².